The van der Waals surface area contributed by atoms with Gasteiger partial charge in [-0.25, -0.2) is 9.09 Å². The maximum absolute atomic E-state index is 12.4. The summed E-state index contributed by atoms with van der Waals surface area (Å²) in [6.45, 7) is 3.83. The largest absolute Gasteiger partial charge is 0.475 e. The number of hydrogen-bond donors (Lipinski definition) is 2. The van der Waals surface area contributed by atoms with Crippen molar-refractivity contribution in [2.45, 2.75) is 200 Å². The van der Waals surface area contributed by atoms with E-state index >= 15 is 0 Å². The first kappa shape index (κ1) is 45.0. The molecule has 10 heteroatoms. The van der Waals surface area contributed by atoms with Gasteiger partial charge in [0.25, 0.3) is 0 Å². The molecule has 0 amide bonds. The lowest BCUT2D eigenvalue weighted by Gasteiger charge is -2.20. The van der Waals surface area contributed by atoms with E-state index in [1.807, 2.05) is 0 Å². The Kier molecular flexibility index (Phi) is 33.2. The highest BCUT2D eigenvalue weighted by Crippen LogP contribution is 2.44. The smallest absolute Gasteiger partial charge is 0.459 e. The highest BCUT2D eigenvalue weighted by molar-refractivity contribution is 7.47. The van der Waals surface area contributed by atoms with Crippen molar-refractivity contribution in [3.8, 4) is 0 Å². The molecule has 0 heterocycles. The molecule has 0 aliphatic rings. The Morgan fingerprint density at radius 2 is 0.935 bits per heavy atom. The highest BCUT2D eigenvalue weighted by atomic mass is 31.2. The van der Waals surface area contributed by atoms with Gasteiger partial charge >= 0.3 is 19.8 Å². The lowest BCUT2D eigenvalue weighted by molar-refractivity contribution is -0.180. The molecule has 2 unspecified atom stereocenters. The van der Waals surface area contributed by atoms with Crippen molar-refractivity contribution < 1.29 is 37.6 Å². The number of nitrogens with two attached hydrogens (primary N) is 1. The Bertz CT molecular complexity index is 739. The van der Waals surface area contributed by atoms with Gasteiger partial charge in [0.1, 0.15) is 0 Å². The van der Waals surface area contributed by atoms with E-state index in [9.17, 15) is 19.0 Å². The minimum atomic E-state index is -4.54. The Morgan fingerprint density at radius 3 is 1.30 bits per heavy atom. The Morgan fingerprint density at radius 1 is 0.587 bits per heavy atom. The first-order valence-corrected chi connectivity index (χ1v) is 20.5. The molecule has 0 bridgehead atoms. The topological polar surface area (TPSA) is 134 Å². The molecule has 3 N–H and O–H groups in total. The Labute approximate surface area is 282 Å². The van der Waals surface area contributed by atoms with Crippen LogP contribution in [0.5, 0.6) is 0 Å². The minimum Gasteiger partial charge on any atom is -0.459 e. The van der Waals surface area contributed by atoms with Gasteiger partial charge in [-0.1, -0.05) is 168 Å². The van der Waals surface area contributed by atoms with E-state index in [1.54, 1.807) is 0 Å². The van der Waals surface area contributed by atoms with Crippen LogP contribution in [0.3, 0.4) is 0 Å². The third-order valence-electron chi connectivity index (χ3n) is 8.24. The van der Waals surface area contributed by atoms with E-state index in [2.05, 4.69) is 13.8 Å². The number of unbranched alkanes of at least 4 members (excludes halogenated alkanes) is 24. The number of esters is 2. The second kappa shape index (κ2) is 33.9. The van der Waals surface area contributed by atoms with Crippen LogP contribution in [0.25, 0.3) is 0 Å². The molecule has 274 valence electrons. The van der Waals surface area contributed by atoms with E-state index < -0.39 is 32.7 Å². The summed E-state index contributed by atoms with van der Waals surface area (Å²) in [7, 11) is -4.54. The normalized spacial score (nSPS) is 13.4. The SMILES string of the molecule is CCCCCCCCCCCCCCCC(=O)OCC(OC(=O)CCCCCCCCCCCCCCC)OP(=O)(O)OCCN. The molecule has 0 aliphatic carbocycles. The number of hydrogen-bond acceptors (Lipinski definition) is 8. The molecular formula is C36H72NO8P. The van der Waals surface area contributed by atoms with Crippen molar-refractivity contribution >= 4 is 19.8 Å². The van der Waals surface area contributed by atoms with Gasteiger partial charge in [0.05, 0.1) is 6.61 Å². The van der Waals surface area contributed by atoms with Crippen molar-refractivity contribution in [2.75, 3.05) is 19.8 Å². The maximum atomic E-state index is 12.4. The predicted octanol–water partition coefficient (Wildman–Crippen LogP) is 10.5. The fraction of sp³-hybridized carbons (Fsp3) is 0.944. The summed E-state index contributed by atoms with van der Waals surface area (Å²) < 4.78 is 32.5. The van der Waals surface area contributed by atoms with Crippen LogP contribution < -0.4 is 5.73 Å². The molecule has 0 fully saturated rings. The predicted molar refractivity (Wildman–Crippen MR) is 187 cm³/mol. The van der Waals surface area contributed by atoms with Crippen LogP contribution in [0.2, 0.25) is 0 Å². The fourth-order valence-corrected chi connectivity index (χ4v) is 6.24. The molecule has 46 heavy (non-hydrogen) atoms. The summed E-state index contributed by atoms with van der Waals surface area (Å²) in [6, 6.07) is 0. The van der Waals surface area contributed by atoms with Crippen molar-refractivity contribution in [2.24, 2.45) is 5.73 Å². The van der Waals surface area contributed by atoms with Gasteiger partial charge in [-0.05, 0) is 12.8 Å². The molecule has 0 aromatic carbocycles. The van der Waals surface area contributed by atoms with Gasteiger partial charge in [-0.15, -0.1) is 0 Å². The van der Waals surface area contributed by atoms with Crippen LogP contribution in [0.1, 0.15) is 194 Å². The number of ether oxygens (including phenoxy) is 2. The van der Waals surface area contributed by atoms with Gasteiger partial charge in [-0.2, -0.15) is 0 Å². The molecule has 2 atom stereocenters. The number of rotatable bonds is 36. The van der Waals surface area contributed by atoms with Crippen molar-refractivity contribution in [3.05, 3.63) is 0 Å². The van der Waals surface area contributed by atoms with Crippen molar-refractivity contribution in [3.63, 3.8) is 0 Å². The molecule has 0 aromatic rings. The van der Waals surface area contributed by atoms with Gasteiger partial charge in [0.15, 0.2) is 6.61 Å². The lowest BCUT2D eigenvalue weighted by atomic mass is 10.0. The molecular weight excluding hydrogens is 605 g/mol. The zero-order valence-corrected chi connectivity index (χ0v) is 30.7. The minimum absolute atomic E-state index is 0.0194. The quantitative estimate of drug-likeness (QED) is 0.0287. The average Bonchev–Trinajstić information content (AvgIpc) is 3.03. The second-order valence-electron chi connectivity index (χ2n) is 12.8. The van der Waals surface area contributed by atoms with Crippen LogP contribution in [0.15, 0.2) is 0 Å². The summed E-state index contributed by atoms with van der Waals surface area (Å²) in [5, 5.41) is 0. The van der Waals surface area contributed by atoms with Crippen LogP contribution in [0.4, 0.5) is 0 Å². The number of carbonyl (C=O) groups is 2. The van der Waals surface area contributed by atoms with Gasteiger partial charge < -0.3 is 20.1 Å². The van der Waals surface area contributed by atoms with Crippen molar-refractivity contribution in [1.29, 1.82) is 0 Å². The Balaban J connectivity index is 4.14. The average molecular weight is 678 g/mol. The lowest BCUT2D eigenvalue weighted by Crippen LogP contribution is -2.27. The summed E-state index contributed by atoms with van der Waals surface area (Å²) in [4.78, 5) is 34.7. The summed E-state index contributed by atoms with van der Waals surface area (Å²) in [6.07, 6.45) is 30.2. The summed E-state index contributed by atoms with van der Waals surface area (Å²) in [5.74, 6) is -1.03. The molecule has 0 spiro atoms. The number of carbonyl (C=O) groups excluding carboxylic acids is 2. The van der Waals surface area contributed by atoms with Crippen LogP contribution in [-0.2, 0) is 32.7 Å². The first-order valence-electron chi connectivity index (χ1n) is 19.1. The second-order valence-corrected chi connectivity index (χ2v) is 14.2. The molecule has 9 nitrogen and oxygen atoms in total. The zero-order chi connectivity index (χ0) is 34.0. The monoisotopic (exact) mass is 677 g/mol. The third kappa shape index (κ3) is 32.9. The molecule has 0 aromatic heterocycles. The molecule has 0 saturated heterocycles. The van der Waals surface area contributed by atoms with Crippen LogP contribution in [-0.4, -0.2) is 42.9 Å². The molecule has 0 saturated carbocycles. The summed E-state index contributed by atoms with van der Waals surface area (Å²) >= 11 is 0. The van der Waals surface area contributed by atoms with E-state index in [4.69, 9.17) is 24.3 Å². The fourth-order valence-electron chi connectivity index (χ4n) is 5.45. The van der Waals surface area contributed by atoms with E-state index in [0.717, 1.165) is 32.1 Å². The van der Waals surface area contributed by atoms with E-state index in [0.29, 0.717) is 12.8 Å². The van der Waals surface area contributed by atoms with Crippen LogP contribution in [0, 0.1) is 0 Å². The number of phosphoric ester groups is 1. The molecule has 0 aliphatic heterocycles. The Hall–Kier alpha value is -0.990. The van der Waals surface area contributed by atoms with E-state index in [1.165, 1.54) is 122 Å². The van der Waals surface area contributed by atoms with Gasteiger partial charge in [0, 0.05) is 19.4 Å². The maximum Gasteiger partial charge on any atom is 0.475 e. The van der Waals surface area contributed by atoms with Crippen molar-refractivity contribution in [1.82, 2.24) is 0 Å². The van der Waals surface area contributed by atoms with Crippen LogP contribution >= 0.6 is 7.82 Å². The van der Waals surface area contributed by atoms with E-state index in [-0.39, 0.29) is 26.0 Å². The molecule has 0 radical (unpaired) electrons. The standard InChI is InChI=1S/C36H72NO8P/c1-3-5-7-9-11-13-15-17-19-21-23-25-27-29-34(38)42-33-36(45-46(40,41)43-32-31-37)44-35(39)30-28-26-24-22-20-18-16-14-12-10-8-6-4-2/h36H,3-33,37H2,1-2H3,(H,40,41). The van der Waals surface area contributed by atoms with Gasteiger partial charge in [0.2, 0.25) is 6.29 Å². The highest BCUT2D eigenvalue weighted by Gasteiger charge is 2.30. The zero-order valence-electron chi connectivity index (χ0n) is 29.8. The van der Waals surface area contributed by atoms with Gasteiger partial charge in [-0.3, -0.25) is 14.1 Å². The number of phosphoric acid groups is 1. The molecule has 0 rings (SSSR count). The summed E-state index contributed by atoms with van der Waals surface area (Å²) in [5.41, 5.74) is 5.34. The third-order valence-corrected chi connectivity index (χ3v) is 9.25. The first-order chi connectivity index (χ1) is 22.3.